The number of hydrogen-bond acceptors (Lipinski definition) is 3. The van der Waals surface area contributed by atoms with Crippen LogP contribution in [0.3, 0.4) is 0 Å². The lowest BCUT2D eigenvalue weighted by molar-refractivity contribution is -0.137. The minimum atomic E-state index is -3.95. The lowest BCUT2D eigenvalue weighted by atomic mass is 10.0. The van der Waals surface area contributed by atoms with Crippen molar-refractivity contribution in [2.75, 3.05) is 0 Å². The number of carboxylic acid groups (broad SMARTS) is 1. The maximum Gasteiger partial charge on any atom is 0.303 e. The average Bonchev–Trinajstić information content (AvgIpc) is 2.24. The van der Waals surface area contributed by atoms with Gasteiger partial charge in [-0.25, -0.2) is 17.5 Å². The van der Waals surface area contributed by atoms with E-state index in [-0.39, 0.29) is 22.8 Å². The number of halogens is 2. The van der Waals surface area contributed by atoms with Crippen molar-refractivity contribution in [3.63, 3.8) is 0 Å². The number of carbonyl (C=O) groups is 1. The molecule has 0 bridgehead atoms. The first-order valence-electron chi connectivity index (χ1n) is 5.74. The van der Waals surface area contributed by atoms with Gasteiger partial charge in [0, 0.05) is 12.0 Å². The third-order valence-electron chi connectivity index (χ3n) is 2.56. The molecular formula is C12H15ClFNO4S. The van der Waals surface area contributed by atoms with Gasteiger partial charge in [0.15, 0.2) is 0 Å². The fraction of sp³-hybridized carbons (Fsp3) is 0.417. The summed E-state index contributed by atoms with van der Waals surface area (Å²) in [6, 6.07) is 2.96. The molecule has 20 heavy (non-hydrogen) atoms. The molecule has 0 aromatic heterocycles. The molecule has 0 saturated heterocycles. The fourth-order valence-corrected chi connectivity index (χ4v) is 3.56. The third kappa shape index (κ3) is 4.73. The zero-order valence-corrected chi connectivity index (χ0v) is 12.6. The zero-order valence-electron chi connectivity index (χ0n) is 11.0. The molecule has 0 aliphatic carbocycles. The van der Waals surface area contributed by atoms with Crippen LogP contribution >= 0.6 is 11.6 Å². The first-order valence-corrected chi connectivity index (χ1v) is 7.60. The Morgan fingerprint density at radius 1 is 1.45 bits per heavy atom. The number of nitrogens with one attached hydrogen (secondary N) is 1. The summed E-state index contributed by atoms with van der Waals surface area (Å²) < 4.78 is 39.6. The summed E-state index contributed by atoms with van der Waals surface area (Å²) in [6.07, 6.45) is -0.0625. The van der Waals surface area contributed by atoms with Crippen LogP contribution in [0, 0.1) is 5.82 Å². The van der Waals surface area contributed by atoms with Gasteiger partial charge in [-0.3, -0.25) is 4.79 Å². The number of rotatable bonds is 6. The van der Waals surface area contributed by atoms with Gasteiger partial charge >= 0.3 is 5.97 Å². The van der Waals surface area contributed by atoms with Crippen molar-refractivity contribution in [2.45, 2.75) is 37.1 Å². The van der Waals surface area contributed by atoms with Gasteiger partial charge in [0.05, 0.1) is 5.02 Å². The standard InChI is InChI=1S/C12H15ClFNO4S/c1-12(2,6-5-11(16)17)15-20(18,19)10-4-3-8(14)7-9(10)13/h3-4,7,15H,5-6H2,1-2H3,(H,16,17). The Bertz CT molecular complexity index is 616. The van der Waals surface area contributed by atoms with Gasteiger partial charge in [-0.05, 0) is 38.5 Å². The predicted molar refractivity (Wildman–Crippen MR) is 72.7 cm³/mol. The van der Waals surface area contributed by atoms with Crippen molar-refractivity contribution >= 4 is 27.6 Å². The number of aliphatic carboxylic acids is 1. The summed E-state index contributed by atoms with van der Waals surface area (Å²) in [7, 11) is -3.95. The molecule has 1 aromatic rings. The number of hydrogen-bond donors (Lipinski definition) is 2. The molecule has 2 N–H and O–H groups in total. The van der Waals surface area contributed by atoms with Gasteiger partial charge in [-0.2, -0.15) is 0 Å². The molecule has 1 aromatic carbocycles. The van der Waals surface area contributed by atoms with E-state index in [1.54, 1.807) is 13.8 Å². The second-order valence-electron chi connectivity index (χ2n) is 4.96. The van der Waals surface area contributed by atoms with Gasteiger partial charge in [-0.1, -0.05) is 11.6 Å². The summed E-state index contributed by atoms with van der Waals surface area (Å²) in [6.45, 7) is 3.12. The van der Waals surface area contributed by atoms with Crippen molar-refractivity contribution in [2.24, 2.45) is 0 Å². The zero-order chi connectivity index (χ0) is 15.6. The molecule has 5 nitrogen and oxygen atoms in total. The lowest BCUT2D eigenvalue weighted by Crippen LogP contribution is -2.43. The van der Waals surface area contributed by atoms with Crippen LogP contribution in [0.25, 0.3) is 0 Å². The van der Waals surface area contributed by atoms with Crippen LogP contribution in [0.5, 0.6) is 0 Å². The Kier molecular flexibility index (Phi) is 5.12. The van der Waals surface area contributed by atoms with E-state index in [1.165, 1.54) is 0 Å². The molecule has 0 saturated carbocycles. The first kappa shape index (κ1) is 16.9. The van der Waals surface area contributed by atoms with Crippen LogP contribution in [0.4, 0.5) is 4.39 Å². The van der Waals surface area contributed by atoms with E-state index in [0.717, 1.165) is 18.2 Å². The van der Waals surface area contributed by atoms with Gasteiger partial charge in [-0.15, -0.1) is 0 Å². The topological polar surface area (TPSA) is 83.5 Å². The van der Waals surface area contributed by atoms with E-state index < -0.39 is 27.3 Å². The third-order valence-corrected chi connectivity index (χ3v) is 4.74. The molecule has 0 atom stereocenters. The quantitative estimate of drug-likeness (QED) is 0.842. The van der Waals surface area contributed by atoms with Crippen molar-refractivity contribution in [3.05, 3.63) is 29.0 Å². The largest absolute Gasteiger partial charge is 0.481 e. The molecule has 0 fully saturated rings. The summed E-state index contributed by atoms with van der Waals surface area (Å²) in [5, 5.41) is 8.40. The molecule has 112 valence electrons. The van der Waals surface area contributed by atoms with E-state index in [2.05, 4.69) is 4.72 Å². The molecule has 0 aliphatic heterocycles. The lowest BCUT2D eigenvalue weighted by Gasteiger charge is -2.25. The average molecular weight is 324 g/mol. The Hall–Kier alpha value is -1.18. The van der Waals surface area contributed by atoms with Gasteiger partial charge in [0.1, 0.15) is 10.7 Å². The molecule has 0 aliphatic rings. The molecule has 0 heterocycles. The van der Waals surface area contributed by atoms with Crippen molar-refractivity contribution < 1.29 is 22.7 Å². The molecular weight excluding hydrogens is 309 g/mol. The van der Waals surface area contributed by atoms with E-state index in [1.807, 2.05) is 0 Å². The predicted octanol–water partition coefficient (Wildman–Crippen LogP) is 2.40. The Morgan fingerprint density at radius 2 is 2.05 bits per heavy atom. The van der Waals surface area contributed by atoms with Crippen molar-refractivity contribution in [1.29, 1.82) is 0 Å². The fourth-order valence-electron chi connectivity index (χ4n) is 1.58. The van der Waals surface area contributed by atoms with Crippen LogP contribution in [-0.4, -0.2) is 25.0 Å². The summed E-state index contributed by atoms with van der Waals surface area (Å²) in [5.41, 5.74) is -0.963. The maximum atomic E-state index is 12.9. The van der Waals surface area contributed by atoms with Crippen LogP contribution in [0.15, 0.2) is 23.1 Å². The highest BCUT2D eigenvalue weighted by Gasteiger charge is 2.28. The number of sulfonamides is 1. The molecule has 0 spiro atoms. The minimum absolute atomic E-state index is 0.111. The smallest absolute Gasteiger partial charge is 0.303 e. The van der Waals surface area contributed by atoms with E-state index >= 15 is 0 Å². The maximum absolute atomic E-state index is 12.9. The number of carboxylic acids is 1. The van der Waals surface area contributed by atoms with Crippen LogP contribution in [-0.2, 0) is 14.8 Å². The highest BCUT2D eigenvalue weighted by molar-refractivity contribution is 7.89. The van der Waals surface area contributed by atoms with Crippen LogP contribution < -0.4 is 4.72 Å². The summed E-state index contributed by atoms with van der Waals surface area (Å²) in [5.74, 6) is -1.66. The van der Waals surface area contributed by atoms with Crippen LogP contribution in [0.1, 0.15) is 26.7 Å². The van der Waals surface area contributed by atoms with Crippen molar-refractivity contribution in [3.8, 4) is 0 Å². The van der Waals surface area contributed by atoms with Gasteiger partial charge in [0.25, 0.3) is 0 Å². The van der Waals surface area contributed by atoms with Gasteiger partial charge < -0.3 is 5.11 Å². The van der Waals surface area contributed by atoms with E-state index in [4.69, 9.17) is 16.7 Å². The molecule has 0 amide bonds. The minimum Gasteiger partial charge on any atom is -0.481 e. The Labute approximate surface area is 121 Å². The summed E-state index contributed by atoms with van der Waals surface area (Å²) >= 11 is 5.72. The molecule has 0 unspecified atom stereocenters. The highest BCUT2D eigenvalue weighted by atomic mass is 35.5. The van der Waals surface area contributed by atoms with Crippen LogP contribution in [0.2, 0.25) is 5.02 Å². The second kappa shape index (κ2) is 6.07. The SMILES string of the molecule is CC(C)(CCC(=O)O)NS(=O)(=O)c1ccc(F)cc1Cl. The Morgan fingerprint density at radius 3 is 2.55 bits per heavy atom. The summed E-state index contributed by atoms with van der Waals surface area (Å²) in [4.78, 5) is 10.3. The van der Waals surface area contributed by atoms with Gasteiger partial charge in [0.2, 0.25) is 10.0 Å². The van der Waals surface area contributed by atoms with E-state index in [9.17, 15) is 17.6 Å². The highest BCUT2D eigenvalue weighted by Crippen LogP contribution is 2.24. The Balaban J connectivity index is 2.97. The second-order valence-corrected chi connectivity index (χ2v) is 7.02. The molecule has 1 rings (SSSR count). The number of benzene rings is 1. The molecule has 8 heteroatoms. The first-order chi connectivity index (χ1) is 9.03. The van der Waals surface area contributed by atoms with Crippen molar-refractivity contribution in [1.82, 2.24) is 4.72 Å². The van der Waals surface area contributed by atoms with E-state index in [0.29, 0.717) is 0 Å². The monoisotopic (exact) mass is 323 g/mol. The normalized spacial score (nSPS) is 12.4. The molecule has 0 radical (unpaired) electrons.